The first-order valence-corrected chi connectivity index (χ1v) is 12.6. The highest BCUT2D eigenvalue weighted by atomic mass is 16.5. The van der Waals surface area contributed by atoms with E-state index in [1.54, 1.807) is 48.5 Å². The van der Waals surface area contributed by atoms with Crippen molar-refractivity contribution in [2.24, 2.45) is 0 Å². The Hall–Kier alpha value is -4.33. The molecule has 0 saturated carbocycles. The zero-order valence-electron chi connectivity index (χ0n) is 21.7. The summed E-state index contributed by atoms with van der Waals surface area (Å²) in [7, 11) is 1.52. The van der Waals surface area contributed by atoms with Gasteiger partial charge in [-0.25, -0.2) is 4.79 Å². The number of carbonyl (C=O) groups excluding carboxylic acids is 2. The van der Waals surface area contributed by atoms with Crippen LogP contribution in [0.1, 0.15) is 59.7 Å². The van der Waals surface area contributed by atoms with Crippen molar-refractivity contribution in [3.63, 3.8) is 0 Å². The van der Waals surface area contributed by atoms with E-state index in [1.165, 1.54) is 50.6 Å². The van der Waals surface area contributed by atoms with Crippen molar-refractivity contribution in [1.29, 1.82) is 0 Å². The maximum atomic E-state index is 13.0. The zero-order valence-corrected chi connectivity index (χ0v) is 21.7. The number of amides is 1. The Morgan fingerprint density at radius 3 is 1.92 bits per heavy atom. The SMILES string of the molecule is CCCCCCCOc1ccc(C(=O)Oc2ccc(N(CC(=O)O)C(=O)c3ccc(OC)cc3)cc2)cc1. The van der Waals surface area contributed by atoms with Gasteiger partial charge in [0.2, 0.25) is 0 Å². The van der Waals surface area contributed by atoms with Gasteiger partial charge in [-0.2, -0.15) is 0 Å². The molecule has 0 heterocycles. The first-order valence-electron chi connectivity index (χ1n) is 12.6. The Morgan fingerprint density at radius 2 is 1.32 bits per heavy atom. The minimum absolute atomic E-state index is 0.262. The standard InChI is InChI=1S/C30H33NO7/c1-3-4-5-6-7-20-37-26-16-10-23(11-17-26)30(35)38-27-18-12-24(13-19-27)31(21-28(32)33)29(34)22-8-14-25(36-2)15-9-22/h8-19H,3-7,20-21H2,1-2H3,(H,32,33). The number of rotatable bonds is 14. The fourth-order valence-electron chi connectivity index (χ4n) is 3.75. The van der Waals surface area contributed by atoms with Crippen LogP contribution < -0.4 is 19.1 Å². The molecular weight excluding hydrogens is 486 g/mol. The van der Waals surface area contributed by atoms with Gasteiger partial charge in [-0.05, 0) is 79.2 Å². The maximum absolute atomic E-state index is 13.0. The number of nitrogens with zero attached hydrogens (tertiary/aromatic N) is 1. The average molecular weight is 520 g/mol. The van der Waals surface area contributed by atoms with Crippen LogP contribution in [-0.2, 0) is 4.79 Å². The summed E-state index contributed by atoms with van der Waals surface area (Å²) in [5.41, 5.74) is 1.03. The molecule has 0 aliphatic rings. The van der Waals surface area contributed by atoms with Crippen LogP contribution in [0, 0.1) is 0 Å². The fraction of sp³-hybridized carbons (Fsp3) is 0.300. The normalized spacial score (nSPS) is 10.5. The van der Waals surface area contributed by atoms with Crippen molar-refractivity contribution >= 4 is 23.5 Å². The molecule has 3 aromatic carbocycles. The number of hydrogen-bond donors (Lipinski definition) is 1. The van der Waals surface area contributed by atoms with Gasteiger partial charge in [0, 0.05) is 11.3 Å². The molecule has 8 heteroatoms. The van der Waals surface area contributed by atoms with E-state index in [0.717, 1.165) is 17.7 Å². The quantitative estimate of drug-likeness (QED) is 0.158. The Kier molecular flexibility index (Phi) is 10.7. The summed E-state index contributed by atoms with van der Waals surface area (Å²) in [5, 5.41) is 9.34. The van der Waals surface area contributed by atoms with Crippen LogP contribution in [0.3, 0.4) is 0 Å². The molecule has 0 unspecified atom stereocenters. The molecule has 0 fully saturated rings. The Bertz CT molecular complexity index is 1190. The maximum Gasteiger partial charge on any atom is 0.343 e. The molecule has 0 bridgehead atoms. The minimum atomic E-state index is -1.16. The number of carboxylic acid groups (broad SMARTS) is 1. The highest BCUT2D eigenvalue weighted by molar-refractivity contribution is 6.08. The molecule has 0 aliphatic carbocycles. The second-order valence-electron chi connectivity index (χ2n) is 8.68. The molecule has 0 spiro atoms. The highest BCUT2D eigenvalue weighted by Crippen LogP contribution is 2.23. The molecule has 38 heavy (non-hydrogen) atoms. The van der Waals surface area contributed by atoms with E-state index in [4.69, 9.17) is 14.2 Å². The van der Waals surface area contributed by atoms with Crippen molar-refractivity contribution < 1.29 is 33.7 Å². The monoisotopic (exact) mass is 519 g/mol. The molecule has 0 aliphatic heterocycles. The van der Waals surface area contributed by atoms with Crippen LogP contribution in [0.15, 0.2) is 72.8 Å². The number of unbranched alkanes of at least 4 members (excludes halogenated alkanes) is 4. The highest BCUT2D eigenvalue weighted by Gasteiger charge is 2.21. The summed E-state index contributed by atoms with van der Waals surface area (Å²) in [5.74, 6) is -0.646. The number of carboxylic acids is 1. The van der Waals surface area contributed by atoms with E-state index in [9.17, 15) is 19.5 Å². The van der Waals surface area contributed by atoms with E-state index < -0.39 is 24.4 Å². The van der Waals surface area contributed by atoms with Crippen molar-refractivity contribution in [3.8, 4) is 17.2 Å². The van der Waals surface area contributed by atoms with Crippen molar-refractivity contribution in [3.05, 3.63) is 83.9 Å². The molecule has 0 aromatic heterocycles. The number of anilines is 1. The number of carbonyl (C=O) groups is 3. The largest absolute Gasteiger partial charge is 0.497 e. The molecule has 1 amide bonds. The topological polar surface area (TPSA) is 102 Å². The third-order valence-corrected chi connectivity index (χ3v) is 5.84. The molecule has 8 nitrogen and oxygen atoms in total. The van der Waals surface area contributed by atoms with Crippen LogP contribution in [0.25, 0.3) is 0 Å². The van der Waals surface area contributed by atoms with Crippen LogP contribution in [0.4, 0.5) is 5.69 Å². The van der Waals surface area contributed by atoms with Gasteiger partial charge in [0.25, 0.3) is 5.91 Å². The first-order chi connectivity index (χ1) is 18.4. The Balaban J connectivity index is 1.60. The molecule has 200 valence electrons. The number of benzene rings is 3. The lowest BCUT2D eigenvalue weighted by Crippen LogP contribution is -2.35. The molecule has 0 radical (unpaired) electrons. The van der Waals surface area contributed by atoms with Crippen LogP contribution in [0.5, 0.6) is 17.2 Å². The van der Waals surface area contributed by atoms with Crippen molar-refractivity contribution in [1.82, 2.24) is 0 Å². The number of esters is 1. The van der Waals surface area contributed by atoms with Crippen molar-refractivity contribution in [2.75, 3.05) is 25.2 Å². The van der Waals surface area contributed by atoms with E-state index in [1.807, 2.05) is 0 Å². The van der Waals surface area contributed by atoms with Crippen LogP contribution in [-0.4, -0.2) is 43.2 Å². The number of aliphatic carboxylic acids is 1. The second kappa shape index (κ2) is 14.4. The van der Waals surface area contributed by atoms with Gasteiger partial charge in [0.05, 0.1) is 19.3 Å². The summed E-state index contributed by atoms with van der Waals surface area (Å²) >= 11 is 0. The summed E-state index contributed by atoms with van der Waals surface area (Å²) in [4.78, 5) is 38.2. The van der Waals surface area contributed by atoms with E-state index >= 15 is 0 Å². The zero-order chi connectivity index (χ0) is 27.3. The van der Waals surface area contributed by atoms with Gasteiger partial charge < -0.3 is 19.3 Å². The van der Waals surface area contributed by atoms with Gasteiger partial charge in [0.15, 0.2) is 0 Å². The summed E-state index contributed by atoms with van der Waals surface area (Å²) in [6, 6.07) is 19.2. The van der Waals surface area contributed by atoms with Gasteiger partial charge in [-0.15, -0.1) is 0 Å². The Labute approximate surface area is 222 Å². The molecule has 1 N–H and O–H groups in total. The average Bonchev–Trinajstić information content (AvgIpc) is 2.94. The molecule has 3 aromatic rings. The summed E-state index contributed by atoms with van der Waals surface area (Å²) < 4.78 is 16.3. The third kappa shape index (κ3) is 8.37. The molecule has 0 saturated heterocycles. The van der Waals surface area contributed by atoms with Gasteiger partial charge in [-0.1, -0.05) is 32.6 Å². The molecular formula is C30H33NO7. The first kappa shape index (κ1) is 28.2. The van der Waals surface area contributed by atoms with Crippen molar-refractivity contribution in [2.45, 2.75) is 39.0 Å². The Morgan fingerprint density at radius 1 is 0.737 bits per heavy atom. The lowest BCUT2D eigenvalue weighted by atomic mass is 10.1. The van der Waals surface area contributed by atoms with Crippen LogP contribution in [0.2, 0.25) is 0 Å². The van der Waals surface area contributed by atoms with E-state index in [-0.39, 0.29) is 5.75 Å². The predicted molar refractivity (Wildman–Crippen MR) is 144 cm³/mol. The van der Waals surface area contributed by atoms with E-state index in [2.05, 4.69) is 6.92 Å². The lowest BCUT2D eigenvalue weighted by Gasteiger charge is -2.21. The fourth-order valence-corrected chi connectivity index (χ4v) is 3.75. The van der Waals surface area contributed by atoms with E-state index in [0.29, 0.717) is 34.9 Å². The minimum Gasteiger partial charge on any atom is -0.497 e. The predicted octanol–water partition coefficient (Wildman–Crippen LogP) is 6.00. The number of methoxy groups -OCH3 is 1. The number of hydrogen-bond acceptors (Lipinski definition) is 6. The third-order valence-electron chi connectivity index (χ3n) is 5.84. The summed E-state index contributed by atoms with van der Waals surface area (Å²) in [6.45, 7) is 2.29. The van der Waals surface area contributed by atoms with Gasteiger partial charge >= 0.3 is 11.9 Å². The lowest BCUT2D eigenvalue weighted by molar-refractivity contribution is -0.135. The summed E-state index contributed by atoms with van der Waals surface area (Å²) in [6.07, 6.45) is 5.79. The molecule has 3 rings (SSSR count). The van der Waals surface area contributed by atoms with Gasteiger partial charge in [-0.3, -0.25) is 14.5 Å². The number of ether oxygens (including phenoxy) is 3. The van der Waals surface area contributed by atoms with Gasteiger partial charge in [0.1, 0.15) is 23.8 Å². The smallest absolute Gasteiger partial charge is 0.343 e. The second-order valence-corrected chi connectivity index (χ2v) is 8.68. The molecule has 0 atom stereocenters. The van der Waals surface area contributed by atoms with Crippen LogP contribution >= 0.6 is 0 Å².